The van der Waals surface area contributed by atoms with Gasteiger partial charge in [0.05, 0.1) is 6.04 Å². The molecule has 4 aromatic carbocycles. The van der Waals surface area contributed by atoms with E-state index in [0.717, 1.165) is 22.3 Å². The third-order valence-electron chi connectivity index (χ3n) is 9.41. The summed E-state index contributed by atoms with van der Waals surface area (Å²) in [5, 5.41) is 0. The van der Waals surface area contributed by atoms with Gasteiger partial charge in [0.1, 0.15) is 24.4 Å². The number of hydrogen-bond donors (Lipinski definition) is 0. The SMILES string of the molecule is CC(C)[C@H]1COC(C(C)(C)OP2OC(c3ccccc3)(c3ccccc3)[C@@H]3OC(C)(C)O[C@H]3C(c3ccccc3)(c3ccccc3)O2)=N1. The zero-order chi connectivity index (χ0) is 33.6. The molecule has 0 bridgehead atoms. The molecule has 2 saturated heterocycles. The summed E-state index contributed by atoms with van der Waals surface area (Å²) in [5.41, 5.74) is 0.216. The fourth-order valence-corrected chi connectivity index (χ4v) is 8.64. The van der Waals surface area contributed by atoms with Gasteiger partial charge in [0.2, 0.25) is 5.90 Å². The van der Waals surface area contributed by atoms with Crippen LogP contribution in [0.3, 0.4) is 0 Å². The van der Waals surface area contributed by atoms with Crippen molar-refractivity contribution >= 4 is 14.5 Å². The molecule has 7 nitrogen and oxygen atoms in total. The van der Waals surface area contributed by atoms with Crippen LogP contribution in [-0.4, -0.2) is 42.1 Å². The maximum absolute atomic E-state index is 7.45. The standard InChI is InChI=1S/C40H44NO6P/c1-28(2)33-27-42-36(41-33)37(3,4)45-48-46-39(29-19-11-7-12-20-29,30-21-13-8-14-22-30)34-35(44-38(5,6)43-34)40(47-48,31-23-15-9-16-24-31)32-25-17-10-18-26-32/h7-26,28,33-35H,27H2,1-6H3/t33-,34-,35-/m1/s1. The summed E-state index contributed by atoms with van der Waals surface area (Å²) in [6.45, 7) is 12.6. The van der Waals surface area contributed by atoms with Gasteiger partial charge in [-0.3, -0.25) is 13.6 Å². The number of fused-ring (bicyclic) bond motifs is 1. The largest absolute Gasteiger partial charge is 0.477 e. The number of ether oxygens (including phenoxy) is 3. The zero-order valence-corrected chi connectivity index (χ0v) is 29.3. The van der Waals surface area contributed by atoms with Crippen LogP contribution in [0.1, 0.15) is 63.8 Å². The van der Waals surface area contributed by atoms with Gasteiger partial charge in [0, 0.05) is 0 Å². The van der Waals surface area contributed by atoms with Crippen LogP contribution in [0.5, 0.6) is 0 Å². The second-order valence-corrected chi connectivity index (χ2v) is 15.0. The second-order valence-electron chi connectivity index (χ2n) is 14.0. The van der Waals surface area contributed by atoms with Crippen molar-refractivity contribution < 1.29 is 27.8 Å². The Morgan fingerprint density at radius 1 is 0.667 bits per heavy atom. The highest BCUT2D eigenvalue weighted by molar-refractivity contribution is 7.41. The van der Waals surface area contributed by atoms with Gasteiger partial charge in [0.15, 0.2) is 17.0 Å². The summed E-state index contributed by atoms with van der Waals surface area (Å²) in [5.74, 6) is -0.104. The topological polar surface area (TPSA) is 67.7 Å². The number of benzene rings is 4. The summed E-state index contributed by atoms with van der Waals surface area (Å²) < 4.78 is 42.2. The van der Waals surface area contributed by atoms with E-state index < -0.39 is 43.4 Å². The second kappa shape index (κ2) is 12.8. The zero-order valence-electron chi connectivity index (χ0n) is 28.4. The van der Waals surface area contributed by atoms with Gasteiger partial charge >= 0.3 is 8.60 Å². The maximum atomic E-state index is 7.45. The van der Waals surface area contributed by atoms with E-state index in [1.807, 2.05) is 100 Å². The highest BCUT2D eigenvalue weighted by Crippen LogP contribution is 2.66. The van der Waals surface area contributed by atoms with Crippen molar-refractivity contribution in [2.24, 2.45) is 10.9 Å². The Morgan fingerprint density at radius 3 is 1.38 bits per heavy atom. The summed E-state index contributed by atoms with van der Waals surface area (Å²) in [6.07, 6.45) is -1.36. The molecule has 2 fully saturated rings. The predicted octanol–water partition coefficient (Wildman–Crippen LogP) is 8.92. The van der Waals surface area contributed by atoms with Gasteiger partial charge in [-0.05, 0) is 55.9 Å². The summed E-state index contributed by atoms with van der Waals surface area (Å²) >= 11 is 0. The molecule has 250 valence electrons. The van der Waals surface area contributed by atoms with Crippen LogP contribution in [0.25, 0.3) is 0 Å². The number of nitrogens with zero attached hydrogens (tertiary/aromatic N) is 1. The van der Waals surface area contributed by atoms with E-state index in [2.05, 4.69) is 62.4 Å². The minimum Gasteiger partial charge on any atom is -0.477 e. The van der Waals surface area contributed by atoms with Crippen molar-refractivity contribution in [3.8, 4) is 0 Å². The van der Waals surface area contributed by atoms with Gasteiger partial charge < -0.3 is 14.2 Å². The molecule has 3 aliphatic rings. The normalized spacial score (nSPS) is 24.8. The number of rotatable bonds is 8. The Hall–Kier alpha value is -3.42. The Kier molecular flexibility index (Phi) is 8.82. The smallest absolute Gasteiger partial charge is 0.336 e. The summed E-state index contributed by atoms with van der Waals surface area (Å²) in [6, 6.07) is 40.8. The lowest BCUT2D eigenvalue weighted by Crippen LogP contribution is -2.53. The molecule has 3 aliphatic heterocycles. The minimum atomic E-state index is -2.18. The lowest BCUT2D eigenvalue weighted by molar-refractivity contribution is -0.177. The van der Waals surface area contributed by atoms with Crippen molar-refractivity contribution in [1.29, 1.82) is 0 Å². The highest BCUT2D eigenvalue weighted by atomic mass is 31.2. The van der Waals surface area contributed by atoms with Gasteiger partial charge in [-0.1, -0.05) is 135 Å². The van der Waals surface area contributed by atoms with Crippen LogP contribution in [0.15, 0.2) is 126 Å². The third-order valence-corrected chi connectivity index (χ3v) is 10.9. The summed E-state index contributed by atoms with van der Waals surface area (Å²) in [7, 11) is -2.18. The first-order valence-electron chi connectivity index (χ1n) is 16.7. The molecule has 0 radical (unpaired) electrons. The Morgan fingerprint density at radius 2 is 1.04 bits per heavy atom. The molecule has 48 heavy (non-hydrogen) atoms. The molecule has 4 aromatic rings. The molecule has 0 spiro atoms. The molecule has 8 heteroatoms. The predicted molar refractivity (Wildman–Crippen MR) is 187 cm³/mol. The molecule has 3 atom stereocenters. The number of aliphatic imine (C=N–C) groups is 1. The van der Waals surface area contributed by atoms with Crippen LogP contribution in [0.2, 0.25) is 0 Å². The van der Waals surface area contributed by atoms with E-state index in [1.165, 1.54) is 0 Å². The van der Waals surface area contributed by atoms with Crippen LogP contribution in [0.4, 0.5) is 0 Å². The van der Waals surface area contributed by atoms with Crippen molar-refractivity contribution in [2.75, 3.05) is 6.61 Å². The van der Waals surface area contributed by atoms with E-state index in [9.17, 15) is 0 Å². The van der Waals surface area contributed by atoms with Crippen LogP contribution < -0.4 is 0 Å². The average molecular weight is 666 g/mol. The van der Waals surface area contributed by atoms with Crippen molar-refractivity contribution in [1.82, 2.24) is 0 Å². The fraction of sp³-hybridized carbons (Fsp3) is 0.375. The van der Waals surface area contributed by atoms with Gasteiger partial charge in [-0.15, -0.1) is 0 Å². The van der Waals surface area contributed by atoms with E-state index in [-0.39, 0.29) is 6.04 Å². The Labute approximate surface area is 285 Å². The minimum absolute atomic E-state index is 0.0514. The average Bonchev–Trinajstić information content (AvgIpc) is 3.71. The first-order valence-corrected chi connectivity index (χ1v) is 17.8. The van der Waals surface area contributed by atoms with Gasteiger partial charge in [0.25, 0.3) is 0 Å². The lowest BCUT2D eigenvalue weighted by atomic mass is 9.72. The first kappa shape index (κ1) is 33.1. The molecule has 0 saturated carbocycles. The Bertz CT molecular complexity index is 1530. The van der Waals surface area contributed by atoms with E-state index in [1.54, 1.807) is 0 Å². The Balaban J connectivity index is 1.50. The molecule has 0 amide bonds. The van der Waals surface area contributed by atoms with E-state index in [4.69, 9.17) is 32.8 Å². The van der Waals surface area contributed by atoms with Crippen molar-refractivity contribution in [2.45, 2.75) is 82.4 Å². The molecule has 0 N–H and O–H groups in total. The molecule has 0 aromatic heterocycles. The van der Waals surface area contributed by atoms with Crippen LogP contribution in [0, 0.1) is 5.92 Å². The van der Waals surface area contributed by atoms with Crippen LogP contribution >= 0.6 is 8.60 Å². The molecule has 3 heterocycles. The van der Waals surface area contributed by atoms with Crippen molar-refractivity contribution in [3.05, 3.63) is 144 Å². The lowest BCUT2D eigenvalue weighted by Gasteiger charge is -2.41. The molecular weight excluding hydrogens is 621 g/mol. The monoisotopic (exact) mass is 665 g/mol. The maximum Gasteiger partial charge on any atom is 0.336 e. The fourth-order valence-electron chi connectivity index (χ4n) is 6.98. The third kappa shape index (κ3) is 5.81. The quantitative estimate of drug-likeness (QED) is 0.175. The molecular formula is C40H44NO6P. The highest BCUT2D eigenvalue weighted by Gasteiger charge is 2.67. The van der Waals surface area contributed by atoms with Gasteiger partial charge in [-0.2, -0.15) is 0 Å². The van der Waals surface area contributed by atoms with E-state index in [0.29, 0.717) is 18.4 Å². The van der Waals surface area contributed by atoms with Gasteiger partial charge in [-0.25, -0.2) is 4.99 Å². The first-order chi connectivity index (χ1) is 23.1. The number of hydrogen-bond acceptors (Lipinski definition) is 7. The molecule has 7 rings (SSSR count). The van der Waals surface area contributed by atoms with Crippen molar-refractivity contribution in [3.63, 3.8) is 0 Å². The molecule has 0 unspecified atom stereocenters. The molecule has 0 aliphatic carbocycles. The van der Waals surface area contributed by atoms with Crippen LogP contribution in [-0.2, 0) is 39.0 Å². The van der Waals surface area contributed by atoms with E-state index >= 15 is 0 Å². The summed E-state index contributed by atoms with van der Waals surface area (Å²) in [4.78, 5) is 4.95.